The molecular weight excluding hydrogens is 398 g/mol. The molecule has 0 radical (unpaired) electrons. The molecule has 0 heterocycles. The molecule has 0 spiro atoms. The van der Waals surface area contributed by atoms with E-state index in [1.807, 2.05) is 24.3 Å². The summed E-state index contributed by atoms with van der Waals surface area (Å²) in [6.45, 7) is 0. The highest BCUT2D eigenvalue weighted by molar-refractivity contribution is 9.11. The van der Waals surface area contributed by atoms with Gasteiger partial charge < -0.3 is 5.73 Å². The zero-order valence-corrected chi connectivity index (χ0v) is 12.9. The van der Waals surface area contributed by atoms with Gasteiger partial charge in [0, 0.05) is 13.4 Å². The Morgan fingerprint density at radius 2 is 1.25 bits per heavy atom. The summed E-state index contributed by atoms with van der Waals surface area (Å²) in [5.41, 5.74) is 8.86. The van der Waals surface area contributed by atoms with Crippen molar-refractivity contribution < 1.29 is 0 Å². The number of hydrogen-bond donors (Lipinski definition) is 1. The van der Waals surface area contributed by atoms with Crippen LogP contribution in [0.4, 0.5) is 5.69 Å². The zero-order chi connectivity index (χ0) is 11.7. The van der Waals surface area contributed by atoms with Crippen LogP contribution in [-0.2, 0) is 0 Å². The van der Waals surface area contributed by atoms with Crippen LogP contribution in [0.3, 0.4) is 0 Å². The first-order chi connectivity index (χ1) is 7.58. The third-order valence-electron chi connectivity index (χ3n) is 2.26. The van der Waals surface area contributed by atoms with E-state index in [9.17, 15) is 0 Å². The van der Waals surface area contributed by atoms with E-state index < -0.39 is 0 Å². The average Bonchev–Trinajstić information content (AvgIpc) is 2.26. The van der Waals surface area contributed by atoms with Gasteiger partial charge in [0.25, 0.3) is 0 Å². The van der Waals surface area contributed by atoms with Gasteiger partial charge >= 0.3 is 0 Å². The lowest BCUT2D eigenvalue weighted by Gasteiger charge is -2.07. The number of rotatable bonds is 1. The fourth-order valence-corrected chi connectivity index (χ4v) is 2.84. The summed E-state index contributed by atoms with van der Waals surface area (Å²) in [5, 5.41) is 0. The molecule has 2 rings (SSSR count). The van der Waals surface area contributed by atoms with Gasteiger partial charge in [0.05, 0.1) is 5.69 Å². The summed E-state index contributed by atoms with van der Waals surface area (Å²) < 4.78 is 2.88. The summed E-state index contributed by atoms with van der Waals surface area (Å²) in [6.07, 6.45) is 0. The molecule has 16 heavy (non-hydrogen) atoms. The lowest BCUT2D eigenvalue weighted by molar-refractivity contribution is 1.54. The van der Waals surface area contributed by atoms with Crippen LogP contribution < -0.4 is 5.73 Å². The van der Waals surface area contributed by atoms with Gasteiger partial charge in [-0.15, -0.1) is 0 Å². The molecule has 0 fully saturated rings. The molecule has 0 aromatic heterocycles. The van der Waals surface area contributed by atoms with Gasteiger partial charge in [0.1, 0.15) is 0 Å². The Balaban J connectivity index is 2.52. The summed E-state index contributed by atoms with van der Waals surface area (Å²) in [5.74, 6) is 0. The molecule has 0 unspecified atom stereocenters. The molecule has 2 N–H and O–H groups in total. The van der Waals surface area contributed by atoms with Crippen LogP contribution in [0.25, 0.3) is 11.1 Å². The maximum Gasteiger partial charge on any atom is 0.0603 e. The van der Waals surface area contributed by atoms with Crippen molar-refractivity contribution >= 4 is 53.5 Å². The van der Waals surface area contributed by atoms with Crippen LogP contribution >= 0.6 is 47.8 Å². The average molecular weight is 406 g/mol. The third kappa shape index (κ3) is 2.50. The molecule has 4 heteroatoms. The van der Waals surface area contributed by atoms with Crippen molar-refractivity contribution in [2.75, 3.05) is 5.73 Å². The fourth-order valence-electron chi connectivity index (χ4n) is 1.39. The number of nitrogens with two attached hydrogens (primary N) is 1. The van der Waals surface area contributed by atoms with Crippen molar-refractivity contribution in [2.24, 2.45) is 0 Å². The molecule has 0 aliphatic heterocycles. The van der Waals surface area contributed by atoms with Crippen LogP contribution in [0.5, 0.6) is 0 Å². The molecule has 0 aliphatic carbocycles. The number of hydrogen-bond acceptors (Lipinski definition) is 1. The van der Waals surface area contributed by atoms with Crippen molar-refractivity contribution in [3.8, 4) is 11.1 Å². The first-order valence-electron chi connectivity index (χ1n) is 4.58. The van der Waals surface area contributed by atoms with Crippen LogP contribution in [0, 0.1) is 0 Å². The Labute approximate surface area is 119 Å². The topological polar surface area (TPSA) is 26.0 Å². The quantitative estimate of drug-likeness (QED) is 0.646. The molecule has 2 aromatic rings. The molecule has 82 valence electrons. The molecule has 0 atom stereocenters. The SMILES string of the molecule is Nc1c(Br)cc(-c2ccc(Br)cc2)cc1Br. The zero-order valence-electron chi connectivity index (χ0n) is 8.18. The second kappa shape index (κ2) is 4.90. The maximum absolute atomic E-state index is 5.85. The van der Waals surface area contributed by atoms with Gasteiger partial charge in [-0.25, -0.2) is 0 Å². The van der Waals surface area contributed by atoms with Gasteiger partial charge in [0.15, 0.2) is 0 Å². The van der Waals surface area contributed by atoms with E-state index in [4.69, 9.17) is 5.73 Å². The highest BCUT2D eigenvalue weighted by Gasteiger charge is 2.05. The Kier molecular flexibility index (Phi) is 3.72. The van der Waals surface area contributed by atoms with Crippen LogP contribution in [0.1, 0.15) is 0 Å². The predicted octanol–water partition coefficient (Wildman–Crippen LogP) is 5.22. The van der Waals surface area contributed by atoms with E-state index in [1.54, 1.807) is 0 Å². The van der Waals surface area contributed by atoms with Crippen LogP contribution in [-0.4, -0.2) is 0 Å². The van der Waals surface area contributed by atoms with Crippen LogP contribution in [0.15, 0.2) is 49.8 Å². The Morgan fingerprint density at radius 3 is 1.75 bits per heavy atom. The smallest absolute Gasteiger partial charge is 0.0603 e. The van der Waals surface area contributed by atoms with Crippen LogP contribution in [0.2, 0.25) is 0 Å². The minimum absolute atomic E-state index is 0.723. The highest BCUT2D eigenvalue weighted by Crippen LogP contribution is 2.34. The van der Waals surface area contributed by atoms with Crippen molar-refractivity contribution in [1.29, 1.82) is 0 Å². The normalized spacial score (nSPS) is 10.4. The molecule has 0 aliphatic rings. The second-order valence-electron chi connectivity index (χ2n) is 3.36. The first kappa shape index (κ1) is 12.1. The summed E-state index contributed by atoms with van der Waals surface area (Å²) >= 11 is 10.3. The fraction of sp³-hybridized carbons (Fsp3) is 0. The van der Waals surface area contributed by atoms with Gasteiger partial charge in [0.2, 0.25) is 0 Å². The van der Waals surface area contributed by atoms with E-state index in [-0.39, 0.29) is 0 Å². The van der Waals surface area contributed by atoms with Gasteiger partial charge in [-0.2, -0.15) is 0 Å². The highest BCUT2D eigenvalue weighted by atomic mass is 79.9. The van der Waals surface area contributed by atoms with E-state index >= 15 is 0 Å². The lowest BCUT2D eigenvalue weighted by Crippen LogP contribution is -1.89. The molecule has 0 bridgehead atoms. The second-order valence-corrected chi connectivity index (χ2v) is 5.98. The van der Waals surface area contributed by atoms with Crippen molar-refractivity contribution in [3.05, 3.63) is 49.8 Å². The molecule has 2 aromatic carbocycles. The lowest BCUT2D eigenvalue weighted by atomic mass is 10.1. The third-order valence-corrected chi connectivity index (χ3v) is 4.10. The Hall–Kier alpha value is -0.320. The molecule has 0 saturated heterocycles. The molecule has 0 amide bonds. The standard InChI is InChI=1S/C12H8Br3N/c13-9-3-1-7(2-4-9)8-5-10(14)12(16)11(15)6-8/h1-6H,16H2. The summed E-state index contributed by atoms with van der Waals surface area (Å²) in [7, 11) is 0. The molecular formula is C12H8Br3N. The predicted molar refractivity (Wildman–Crippen MR) is 79.4 cm³/mol. The van der Waals surface area contributed by atoms with E-state index in [1.165, 1.54) is 0 Å². The van der Waals surface area contributed by atoms with Gasteiger partial charge in [-0.1, -0.05) is 28.1 Å². The van der Waals surface area contributed by atoms with Crippen molar-refractivity contribution in [2.45, 2.75) is 0 Å². The van der Waals surface area contributed by atoms with E-state index in [2.05, 4.69) is 59.9 Å². The number of nitrogen functional groups attached to an aromatic ring is 1. The number of anilines is 1. The maximum atomic E-state index is 5.85. The number of benzene rings is 2. The van der Waals surface area contributed by atoms with E-state index in [0.29, 0.717) is 0 Å². The van der Waals surface area contributed by atoms with Crippen molar-refractivity contribution in [3.63, 3.8) is 0 Å². The minimum atomic E-state index is 0.723. The largest absolute Gasteiger partial charge is 0.397 e. The van der Waals surface area contributed by atoms with E-state index in [0.717, 1.165) is 30.2 Å². The number of halogens is 3. The molecule has 0 saturated carbocycles. The van der Waals surface area contributed by atoms with Gasteiger partial charge in [-0.3, -0.25) is 0 Å². The first-order valence-corrected chi connectivity index (χ1v) is 6.96. The summed E-state index contributed by atoms with van der Waals surface area (Å²) in [6, 6.07) is 12.2. The van der Waals surface area contributed by atoms with Crippen molar-refractivity contribution in [1.82, 2.24) is 0 Å². The molecule has 1 nitrogen and oxygen atoms in total. The Morgan fingerprint density at radius 1 is 0.750 bits per heavy atom. The monoisotopic (exact) mass is 403 g/mol. The summed E-state index contributed by atoms with van der Waals surface area (Å²) in [4.78, 5) is 0. The van der Waals surface area contributed by atoms with Gasteiger partial charge in [-0.05, 0) is 67.3 Å². The minimum Gasteiger partial charge on any atom is -0.397 e. The Bertz CT molecular complexity index is 497.